The summed E-state index contributed by atoms with van der Waals surface area (Å²) in [4.78, 5) is 30.6. The first-order chi connectivity index (χ1) is 12.9. The maximum atomic E-state index is 12.1. The lowest BCUT2D eigenvalue weighted by molar-refractivity contribution is -0.384. The highest BCUT2D eigenvalue weighted by Crippen LogP contribution is 2.32. The Hall–Kier alpha value is -2.71. The number of rotatable bonds is 5. The molecule has 8 nitrogen and oxygen atoms in total. The van der Waals surface area contributed by atoms with Gasteiger partial charge >= 0.3 is 0 Å². The standard InChI is InChI=1S/C18H19ClN4O4/c1-21-6-8-22(9-7-21)18(24)12-20-11-14-3-5-17(27-14)15-4-2-13(23(25)26)10-16(15)19/h2-5,10-11H,6-9,12H2,1H3. The summed E-state index contributed by atoms with van der Waals surface area (Å²) in [6.07, 6.45) is 1.50. The highest BCUT2D eigenvalue weighted by Gasteiger charge is 2.18. The van der Waals surface area contributed by atoms with Gasteiger partial charge in [-0.15, -0.1) is 0 Å². The number of carbonyl (C=O) groups is 1. The first-order valence-corrected chi connectivity index (χ1v) is 8.82. The van der Waals surface area contributed by atoms with E-state index in [4.69, 9.17) is 16.0 Å². The molecule has 0 radical (unpaired) electrons. The van der Waals surface area contributed by atoms with Crippen LogP contribution in [0.15, 0.2) is 39.7 Å². The Bertz CT molecular complexity index is 872. The number of hydrogen-bond donors (Lipinski definition) is 0. The molecule has 0 aliphatic carbocycles. The van der Waals surface area contributed by atoms with Crippen LogP contribution in [-0.4, -0.2) is 66.6 Å². The number of hydrogen-bond acceptors (Lipinski definition) is 6. The normalized spacial score (nSPS) is 15.4. The highest BCUT2D eigenvalue weighted by atomic mass is 35.5. The highest BCUT2D eigenvalue weighted by molar-refractivity contribution is 6.33. The topological polar surface area (TPSA) is 92.2 Å². The number of non-ortho nitro benzene ring substituents is 1. The van der Waals surface area contributed by atoms with E-state index in [0.717, 1.165) is 13.1 Å². The fourth-order valence-electron chi connectivity index (χ4n) is 2.75. The first kappa shape index (κ1) is 19.1. The zero-order chi connectivity index (χ0) is 19.4. The van der Waals surface area contributed by atoms with Gasteiger partial charge in [0.1, 0.15) is 18.1 Å². The van der Waals surface area contributed by atoms with Crippen molar-refractivity contribution in [1.82, 2.24) is 9.80 Å². The van der Waals surface area contributed by atoms with Crippen LogP contribution in [0.3, 0.4) is 0 Å². The molecule has 1 aliphatic heterocycles. The van der Waals surface area contributed by atoms with E-state index in [9.17, 15) is 14.9 Å². The number of halogens is 1. The Kier molecular flexibility index (Phi) is 5.88. The molecule has 3 rings (SSSR count). The number of nitrogens with zero attached hydrogens (tertiary/aromatic N) is 4. The van der Waals surface area contributed by atoms with Crippen molar-refractivity contribution in [3.8, 4) is 11.3 Å². The molecule has 1 fully saturated rings. The monoisotopic (exact) mass is 390 g/mol. The number of furan rings is 1. The maximum Gasteiger partial charge on any atom is 0.270 e. The van der Waals surface area contributed by atoms with Crippen molar-refractivity contribution in [3.05, 3.63) is 51.2 Å². The van der Waals surface area contributed by atoms with Crippen LogP contribution in [-0.2, 0) is 4.79 Å². The number of benzene rings is 1. The molecule has 1 aliphatic rings. The summed E-state index contributed by atoms with van der Waals surface area (Å²) in [7, 11) is 2.03. The average molecular weight is 391 g/mol. The third kappa shape index (κ3) is 4.72. The molecule has 0 saturated carbocycles. The Morgan fingerprint density at radius 3 is 2.70 bits per heavy atom. The number of carbonyl (C=O) groups excluding carboxylic acids is 1. The molecule has 2 heterocycles. The van der Waals surface area contributed by atoms with Crippen molar-refractivity contribution < 1.29 is 14.1 Å². The van der Waals surface area contributed by atoms with Gasteiger partial charge in [-0.25, -0.2) is 0 Å². The molecule has 27 heavy (non-hydrogen) atoms. The summed E-state index contributed by atoms with van der Waals surface area (Å²) in [5.74, 6) is 0.942. The molecule has 1 saturated heterocycles. The van der Waals surface area contributed by atoms with E-state index in [-0.39, 0.29) is 23.2 Å². The van der Waals surface area contributed by atoms with Gasteiger partial charge in [-0.2, -0.15) is 0 Å². The van der Waals surface area contributed by atoms with Gasteiger partial charge in [-0.3, -0.25) is 19.9 Å². The van der Waals surface area contributed by atoms with Gasteiger partial charge in [0, 0.05) is 43.9 Å². The predicted octanol–water partition coefficient (Wildman–Crippen LogP) is 2.70. The summed E-state index contributed by atoms with van der Waals surface area (Å²) in [6.45, 7) is 3.24. The number of nitro groups is 1. The van der Waals surface area contributed by atoms with Gasteiger partial charge in [0.15, 0.2) is 0 Å². The quantitative estimate of drug-likeness (QED) is 0.444. The van der Waals surface area contributed by atoms with Crippen LogP contribution in [0, 0.1) is 10.1 Å². The molecule has 1 amide bonds. The molecule has 0 unspecified atom stereocenters. The second kappa shape index (κ2) is 8.32. The van der Waals surface area contributed by atoms with Gasteiger partial charge in [0.25, 0.3) is 5.69 Å². The molecular formula is C18H19ClN4O4. The number of likely N-dealkylation sites (N-methyl/N-ethyl adjacent to an activating group) is 1. The minimum Gasteiger partial charge on any atom is -0.455 e. The Balaban J connectivity index is 1.62. The summed E-state index contributed by atoms with van der Waals surface area (Å²) in [5, 5.41) is 11.0. The van der Waals surface area contributed by atoms with Gasteiger partial charge < -0.3 is 14.2 Å². The van der Waals surface area contributed by atoms with Crippen molar-refractivity contribution in [2.45, 2.75) is 0 Å². The summed E-state index contributed by atoms with van der Waals surface area (Å²) in [5.41, 5.74) is 0.468. The minimum atomic E-state index is -0.507. The summed E-state index contributed by atoms with van der Waals surface area (Å²) < 4.78 is 5.66. The Labute approximate surface area is 161 Å². The van der Waals surface area contributed by atoms with Gasteiger partial charge in [0.05, 0.1) is 16.2 Å². The third-order valence-corrected chi connectivity index (χ3v) is 4.67. The molecule has 142 valence electrons. The molecule has 1 aromatic carbocycles. The van der Waals surface area contributed by atoms with Crippen LogP contribution in [0.5, 0.6) is 0 Å². The van der Waals surface area contributed by atoms with Crippen molar-refractivity contribution in [1.29, 1.82) is 0 Å². The number of aliphatic imine (C=N–C) groups is 1. The number of amides is 1. The van der Waals surface area contributed by atoms with Crippen LogP contribution < -0.4 is 0 Å². The zero-order valence-corrected chi connectivity index (χ0v) is 15.6. The van der Waals surface area contributed by atoms with Crippen molar-refractivity contribution >= 4 is 29.4 Å². The first-order valence-electron chi connectivity index (χ1n) is 8.44. The van der Waals surface area contributed by atoms with E-state index in [1.54, 1.807) is 12.1 Å². The lowest BCUT2D eigenvalue weighted by Gasteiger charge is -2.32. The molecule has 0 bridgehead atoms. The second-order valence-corrected chi connectivity index (χ2v) is 6.68. The van der Waals surface area contributed by atoms with Crippen molar-refractivity contribution in [2.75, 3.05) is 39.8 Å². The van der Waals surface area contributed by atoms with E-state index >= 15 is 0 Å². The largest absolute Gasteiger partial charge is 0.455 e. The minimum absolute atomic E-state index is 0.00968. The SMILES string of the molecule is CN1CCN(C(=O)CN=Cc2ccc(-c3ccc([N+](=O)[O-])cc3Cl)o2)CC1. The third-order valence-electron chi connectivity index (χ3n) is 4.36. The molecule has 2 aromatic rings. The number of piperazine rings is 1. The van der Waals surface area contributed by atoms with Crippen LogP contribution >= 0.6 is 11.6 Å². The van der Waals surface area contributed by atoms with E-state index in [2.05, 4.69) is 9.89 Å². The van der Waals surface area contributed by atoms with E-state index in [1.807, 2.05) is 11.9 Å². The van der Waals surface area contributed by atoms with Crippen LogP contribution in [0.1, 0.15) is 5.76 Å². The predicted molar refractivity (Wildman–Crippen MR) is 102 cm³/mol. The van der Waals surface area contributed by atoms with Gasteiger partial charge in [-0.05, 0) is 25.2 Å². The van der Waals surface area contributed by atoms with E-state index < -0.39 is 4.92 Å². The van der Waals surface area contributed by atoms with Gasteiger partial charge in [-0.1, -0.05) is 11.6 Å². The zero-order valence-electron chi connectivity index (χ0n) is 14.8. The van der Waals surface area contributed by atoms with Crippen LogP contribution in [0.4, 0.5) is 5.69 Å². The number of nitro benzene ring substituents is 1. The Morgan fingerprint density at radius 1 is 1.30 bits per heavy atom. The molecule has 0 atom stereocenters. The molecule has 0 spiro atoms. The van der Waals surface area contributed by atoms with Crippen molar-refractivity contribution in [2.24, 2.45) is 4.99 Å². The lowest BCUT2D eigenvalue weighted by atomic mass is 10.1. The molecule has 1 aromatic heterocycles. The van der Waals surface area contributed by atoms with E-state index in [1.165, 1.54) is 24.4 Å². The average Bonchev–Trinajstić information content (AvgIpc) is 3.10. The maximum absolute atomic E-state index is 12.1. The van der Waals surface area contributed by atoms with Crippen LogP contribution in [0.25, 0.3) is 11.3 Å². The molecular weight excluding hydrogens is 372 g/mol. The fourth-order valence-corrected chi connectivity index (χ4v) is 3.02. The lowest BCUT2D eigenvalue weighted by Crippen LogP contribution is -2.47. The second-order valence-electron chi connectivity index (χ2n) is 6.28. The molecule has 0 N–H and O–H groups in total. The smallest absolute Gasteiger partial charge is 0.270 e. The Morgan fingerprint density at radius 2 is 2.04 bits per heavy atom. The van der Waals surface area contributed by atoms with Crippen LogP contribution in [0.2, 0.25) is 5.02 Å². The summed E-state index contributed by atoms with van der Waals surface area (Å²) in [6, 6.07) is 7.60. The summed E-state index contributed by atoms with van der Waals surface area (Å²) >= 11 is 6.11. The fraction of sp³-hybridized carbons (Fsp3) is 0.333. The van der Waals surface area contributed by atoms with Crippen molar-refractivity contribution in [3.63, 3.8) is 0 Å². The molecule has 9 heteroatoms. The van der Waals surface area contributed by atoms with Gasteiger partial charge in [0.2, 0.25) is 5.91 Å². The van der Waals surface area contributed by atoms with E-state index in [0.29, 0.717) is 30.2 Å².